The highest BCUT2D eigenvalue weighted by atomic mass is 79.9. The van der Waals surface area contributed by atoms with E-state index in [1.54, 1.807) is 0 Å². The first kappa shape index (κ1) is 9.56. The third-order valence-electron chi connectivity index (χ3n) is 1.99. The summed E-state index contributed by atoms with van der Waals surface area (Å²) in [6.45, 7) is 2.18. The van der Waals surface area contributed by atoms with Crippen LogP contribution in [-0.4, -0.2) is 6.26 Å². The first-order chi connectivity index (χ1) is 6.24. The number of hydrogen-bond donors (Lipinski definition) is 0. The SMILES string of the molecule is CSc1c(C)sc2c(Br)cccc12. The van der Waals surface area contributed by atoms with Gasteiger partial charge in [-0.25, -0.2) is 0 Å². The van der Waals surface area contributed by atoms with E-state index in [1.165, 1.54) is 24.3 Å². The number of rotatable bonds is 1. The summed E-state index contributed by atoms with van der Waals surface area (Å²) in [4.78, 5) is 2.83. The smallest absolute Gasteiger partial charge is 0.0499 e. The predicted octanol–water partition coefficient (Wildman–Crippen LogP) is 4.69. The van der Waals surface area contributed by atoms with Gasteiger partial charge in [0.25, 0.3) is 0 Å². The lowest BCUT2D eigenvalue weighted by Crippen LogP contribution is -1.69. The Morgan fingerprint density at radius 2 is 2.15 bits per heavy atom. The van der Waals surface area contributed by atoms with Crippen LogP contribution < -0.4 is 0 Å². The summed E-state index contributed by atoms with van der Waals surface area (Å²) in [7, 11) is 0. The van der Waals surface area contributed by atoms with Crippen molar-refractivity contribution in [1.29, 1.82) is 0 Å². The van der Waals surface area contributed by atoms with E-state index in [1.807, 2.05) is 23.1 Å². The van der Waals surface area contributed by atoms with Gasteiger partial charge in [0, 0.05) is 24.3 Å². The standard InChI is InChI=1S/C10H9BrS2/c1-6-9(12-2)7-4-3-5-8(11)10(7)13-6/h3-5H,1-2H3. The second kappa shape index (κ2) is 3.64. The highest BCUT2D eigenvalue weighted by molar-refractivity contribution is 9.10. The third kappa shape index (κ3) is 1.53. The molecule has 0 aliphatic rings. The summed E-state index contributed by atoms with van der Waals surface area (Å²) < 4.78 is 2.57. The molecule has 68 valence electrons. The Morgan fingerprint density at radius 1 is 1.38 bits per heavy atom. The molecular formula is C10H9BrS2. The predicted molar refractivity (Wildman–Crippen MR) is 66.0 cm³/mol. The van der Waals surface area contributed by atoms with Gasteiger partial charge in [-0.3, -0.25) is 0 Å². The van der Waals surface area contributed by atoms with Crippen LogP contribution in [0.15, 0.2) is 27.6 Å². The molecule has 0 N–H and O–H groups in total. The molecule has 2 rings (SSSR count). The van der Waals surface area contributed by atoms with Gasteiger partial charge in [0.15, 0.2) is 0 Å². The molecule has 1 aromatic heterocycles. The van der Waals surface area contributed by atoms with Gasteiger partial charge >= 0.3 is 0 Å². The topological polar surface area (TPSA) is 0 Å². The molecule has 0 spiro atoms. The second-order valence-electron chi connectivity index (χ2n) is 2.81. The van der Waals surface area contributed by atoms with Crippen molar-refractivity contribution in [2.75, 3.05) is 6.26 Å². The quantitative estimate of drug-likeness (QED) is 0.679. The fourth-order valence-electron chi connectivity index (χ4n) is 1.43. The number of thioether (sulfide) groups is 1. The van der Waals surface area contributed by atoms with Gasteiger partial charge in [-0.1, -0.05) is 12.1 Å². The Kier molecular flexibility index (Phi) is 2.67. The van der Waals surface area contributed by atoms with Gasteiger partial charge in [-0.15, -0.1) is 23.1 Å². The van der Waals surface area contributed by atoms with Crippen molar-refractivity contribution < 1.29 is 0 Å². The lowest BCUT2D eigenvalue weighted by Gasteiger charge is -1.95. The minimum atomic E-state index is 1.21. The number of thiophene rings is 1. The van der Waals surface area contributed by atoms with Crippen molar-refractivity contribution >= 4 is 49.1 Å². The molecule has 1 heterocycles. The molecule has 0 unspecified atom stereocenters. The van der Waals surface area contributed by atoms with Crippen LogP contribution >= 0.6 is 39.0 Å². The van der Waals surface area contributed by atoms with Crippen LogP contribution in [0, 0.1) is 6.92 Å². The molecule has 0 saturated carbocycles. The largest absolute Gasteiger partial charge is 0.138 e. The third-order valence-corrected chi connectivity index (χ3v) is 5.13. The van der Waals surface area contributed by atoms with Crippen molar-refractivity contribution in [1.82, 2.24) is 0 Å². The molecule has 0 aliphatic heterocycles. The zero-order valence-corrected chi connectivity index (χ0v) is 10.6. The molecule has 0 nitrogen and oxygen atoms in total. The molecular weight excluding hydrogens is 264 g/mol. The molecule has 0 bridgehead atoms. The summed E-state index contributed by atoms with van der Waals surface area (Å²) in [6, 6.07) is 6.39. The number of hydrogen-bond acceptors (Lipinski definition) is 2. The average Bonchev–Trinajstić information content (AvgIpc) is 2.43. The minimum Gasteiger partial charge on any atom is -0.138 e. The number of halogens is 1. The lowest BCUT2D eigenvalue weighted by molar-refractivity contribution is 1.46. The Labute approximate surface area is 94.5 Å². The van der Waals surface area contributed by atoms with E-state index in [9.17, 15) is 0 Å². The van der Waals surface area contributed by atoms with E-state index in [0.29, 0.717) is 0 Å². The fraction of sp³-hybridized carbons (Fsp3) is 0.200. The number of aryl methyl sites for hydroxylation is 1. The van der Waals surface area contributed by atoms with Crippen LogP contribution in [0.4, 0.5) is 0 Å². The lowest BCUT2D eigenvalue weighted by atomic mass is 10.2. The molecule has 1 aromatic carbocycles. The summed E-state index contributed by atoms with van der Waals surface area (Å²) in [6.07, 6.45) is 2.13. The molecule has 0 saturated heterocycles. The normalized spacial score (nSPS) is 11.0. The van der Waals surface area contributed by atoms with Crippen LogP contribution in [0.25, 0.3) is 10.1 Å². The Morgan fingerprint density at radius 3 is 2.85 bits per heavy atom. The van der Waals surface area contributed by atoms with Gasteiger partial charge in [-0.05, 0) is 35.2 Å². The van der Waals surface area contributed by atoms with Crippen LogP contribution in [0.1, 0.15) is 4.88 Å². The summed E-state index contributed by atoms with van der Waals surface area (Å²) in [5.74, 6) is 0. The van der Waals surface area contributed by atoms with Crippen LogP contribution in [0.5, 0.6) is 0 Å². The molecule has 3 heteroatoms. The molecule has 0 radical (unpaired) electrons. The van der Waals surface area contributed by atoms with Gasteiger partial charge in [-0.2, -0.15) is 0 Å². The first-order valence-corrected chi connectivity index (χ1v) is 6.79. The van der Waals surface area contributed by atoms with E-state index in [0.717, 1.165) is 0 Å². The zero-order chi connectivity index (χ0) is 9.42. The van der Waals surface area contributed by atoms with Crippen molar-refractivity contribution in [2.45, 2.75) is 11.8 Å². The van der Waals surface area contributed by atoms with Crippen molar-refractivity contribution in [3.63, 3.8) is 0 Å². The van der Waals surface area contributed by atoms with Crippen LogP contribution in [-0.2, 0) is 0 Å². The Hall–Kier alpha value is 0.01000. The van der Waals surface area contributed by atoms with Crippen molar-refractivity contribution in [2.24, 2.45) is 0 Å². The van der Waals surface area contributed by atoms with Gasteiger partial charge in [0.05, 0.1) is 0 Å². The van der Waals surface area contributed by atoms with E-state index in [4.69, 9.17) is 0 Å². The molecule has 13 heavy (non-hydrogen) atoms. The van der Waals surface area contributed by atoms with Crippen molar-refractivity contribution in [3.8, 4) is 0 Å². The Balaban J connectivity index is 2.86. The van der Waals surface area contributed by atoms with Crippen molar-refractivity contribution in [3.05, 3.63) is 27.5 Å². The zero-order valence-electron chi connectivity index (χ0n) is 7.43. The van der Waals surface area contributed by atoms with Crippen LogP contribution in [0.2, 0.25) is 0 Å². The number of fused-ring (bicyclic) bond motifs is 1. The number of benzene rings is 1. The maximum atomic E-state index is 3.57. The minimum absolute atomic E-state index is 1.21. The molecule has 2 aromatic rings. The fourth-order valence-corrected chi connectivity index (χ4v) is 4.11. The maximum absolute atomic E-state index is 3.57. The van der Waals surface area contributed by atoms with E-state index in [2.05, 4.69) is 47.3 Å². The van der Waals surface area contributed by atoms with Gasteiger partial charge in [0.2, 0.25) is 0 Å². The average molecular weight is 273 g/mol. The summed E-state index contributed by atoms with van der Waals surface area (Å²) in [5, 5.41) is 1.38. The molecule has 0 amide bonds. The highest BCUT2D eigenvalue weighted by Gasteiger charge is 2.09. The first-order valence-electron chi connectivity index (χ1n) is 3.95. The molecule has 0 aliphatic carbocycles. The summed E-state index contributed by atoms with van der Waals surface area (Å²) in [5.41, 5.74) is 0. The van der Waals surface area contributed by atoms with E-state index < -0.39 is 0 Å². The van der Waals surface area contributed by atoms with Gasteiger partial charge in [0.1, 0.15) is 0 Å². The van der Waals surface area contributed by atoms with Gasteiger partial charge < -0.3 is 0 Å². The highest BCUT2D eigenvalue weighted by Crippen LogP contribution is 2.39. The maximum Gasteiger partial charge on any atom is 0.0499 e. The molecule has 0 atom stereocenters. The monoisotopic (exact) mass is 272 g/mol. The Bertz CT molecular complexity index is 445. The van der Waals surface area contributed by atoms with Crippen LogP contribution in [0.3, 0.4) is 0 Å². The van der Waals surface area contributed by atoms with E-state index >= 15 is 0 Å². The van der Waals surface area contributed by atoms with E-state index in [-0.39, 0.29) is 0 Å². The second-order valence-corrected chi connectivity index (χ2v) is 5.70. The molecule has 0 fully saturated rings. The summed E-state index contributed by atoms with van der Waals surface area (Å²) >= 11 is 7.27.